The van der Waals surface area contributed by atoms with Crippen LogP contribution >= 0.6 is 0 Å². The highest BCUT2D eigenvalue weighted by Gasteiger charge is 2.35. The van der Waals surface area contributed by atoms with Crippen molar-refractivity contribution in [2.75, 3.05) is 0 Å². The largest absolute Gasteiger partial charge is 0.335 e. The summed E-state index contributed by atoms with van der Waals surface area (Å²) >= 11 is 0. The van der Waals surface area contributed by atoms with Crippen molar-refractivity contribution in [3.05, 3.63) is 11.6 Å². The number of carbonyl (C=O) groups excluding carboxylic acids is 1. The number of aromatic nitrogens is 3. The Morgan fingerprint density at radius 2 is 2.15 bits per heavy atom. The summed E-state index contributed by atoms with van der Waals surface area (Å²) in [7, 11) is 0. The van der Waals surface area contributed by atoms with Gasteiger partial charge in [0.15, 0.2) is 5.82 Å². The zero-order valence-electron chi connectivity index (χ0n) is 12.4. The fourth-order valence-corrected chi connectivity index (χ4v) is 2.81. The van der Waals surface area contributed by atoms with Crippen LogP contribution in [0.15, 0.2) is 0 Å². The van der Waals surface area contributed by atoms with Crippen molar-refractivity contribution in [2.24, 2.45) is 11.8 Å². The maximum atomic E-state index is 12.1. The first-order valence-corrected chi connectivity index (χ1v) is 7.55. The fourth-order valence-electron chi connectivity index (χ4n) is 2.81. The molecule has 1 fully saturated rings. The van der Waals surface area contributed by atoms with Gasteiger partial charge < -0.3 is 15.2 Å². The molecule has 3 atom stereocenters. The van der Waals surface area contributed by atoms with Crippen LogP contribution in [0, 0.1) is 11.8 Å². The predicted octanol–water partition coefficient (Wildman–Crippen LogP) is 1.63. The molecule has 0 unspecified atom stereocenters. The quantitative estimate of drug-likeness (QED) is 0.878. The van der Waals surface area contributed by atoms with Gasteiger partial charge >= 0.3 is 6.03 Å². The molecule has 2 N–H and O–H groups in total. The second-order valence-corrected chi connectivity index (χ2v) is 6.39. The average Bonchev–Trinajstić information content (AvgIpc) is 2.81. The monoisotopic (exact) mass is 277 g/mol. The van der Waals surface area contributed by atoms with Gasteiger partial charge in [0.05, 0.1) is 6.04 Å². The lowest BCUT2D eigenvalue weighted by Gasteiger charge is -2.22. The SMILES string of the molecule is CC(C)[C@H](NC(=O)N[C@H]1C[C@@H]1C)c1nnc2n1CCC2. The lowest BCUT2D eigenvalue weighted by molar-refractivity contribution is 0.230. The Morgan fingerprint density at radius 3 is 2.80 bits per heavy atom. The second-order valence-electron chi connectivity index (χ2n) is 6.39. The smallest absolute Gasteiger partial charge is 0.315 e. The molecule has 0 bridgehead atoms. The van der Waals surface area contributed by atoms with Crippen LogP contribution in [0.3, 0.4) is 0 Å². The van der Waals surface area contributed by atoms with E-state index in [-0.39, 0.29) is 18.0 Å². The van der Waals surface area contributed by atoms with E-state index in [0.29, 0.717) is 12.0 Å². The van der Waals surface area contributed by atoms with E-state index >= 15 is 0 Å². The zero-order chi connectivity index (χ0) is 14.3. The molecule has 6 nitrogen and oxygen atoms in total. The third-order valence-corrected chi connectivity index (χ3v) is 4.30. The first-order valence-electron chi connectivity index (χ1n) is 7.55. The summed E-state index contributed by atoms with van der Waals surface area (Å²) in [6, 6.07) is 0.170. The van der Waals surface area contributed by atoms with Crippen LogP contribution in [0.2, 0.25) is 0 Å². The van der Waals surface area contributed by atoms with Crippen LogP contribution in [0.5, 0.6) is 0 Å². The average molecular weight is 277 g/mol. The van der Waals surface area contributed by atoms with Crippen molar-refractivity contribution >= 4 is 6.03 Å². The predicted molar refractivity (Wildman–Crippen MR) is 75.2 cm³/mol. The van der Waals surface area contributed by atoms with Crippen LogP contribution in [0.25, 0.3) is 0 Å². The second kappa shape index (κ2) is 5.07. The van der Waals surface area contributed by atoms with Gasteiger partial charge in [0.1, 0.15) is 5.82 Å². The Hall–Kier alpha value is -1.59. The molecule has 1 aromatic rings. The summed E-state index contributed by atoms with van der Waals surface area (Å²) in [5, 5.41) is 14.6. The molecule has 3 rings (SSSR count). The van der Waals surface area contributed by atoms with Crippen molar-refractivity contribution in [3.8, 4) is 0 Å². The number of hydrogen-bond donors (Lipinski definition) is 2. The third kappa shape index (κ3) is 2.51. The van der Waals surface area contributed by atoms with Crippen molar-refractivity contribution in [1.82, 2.24) is 25.4 Å². The summed E-state index contributed by atoms with van der Waals surface area (Å²) in [4.78, 5) is 12.1. The van der Waals surface area contributed by atoms with Crippen LogP contribution in [0.4, 0.5) is 4.79 Å². The van der Waals surface area contributed by atoms with Gasteiger partial charge in [-0.05, 0) is 24.7 Å². The van der Waals surface area contributed by atoms with Gasteiger partial charge in [0.2, 0.25) is 0 Å². The van der Waals surface area contributed by atoms with Crippen LogP contribution in [-0.2, 0) is 13.0 Å². The summed E-state index contributed by atoms with van der Waals surface area (Å²) in [6.45, 7) is 7.31. The van der Waals surface area contributed by atoms with E-state index in [2.05, 4.69) is 46.2 Å². The minimum absolute atomic E-state index is 0.0802. The van der Waals surface area contributed by atoms with E-state index in [9.17, 15) is 4.79 Å². The Morgan fingerprint density at radius 1 is 1.40 bits per heavy atom. The number of nitrogens with zero attached hydrogens (tertiary/aromatic N) is 3. The first kappa shape index (κ1) is 13.4. The number of aryl methyl sites for hydroxylation is 1. The van der Waals surface area contributed by atoms with Crippen LogP contribution in [-0.4, -0.2) is 26.8 Å². The van der Waals surface area contributed by atoms with E-state index in [1.165, 1.54) is 0 Å². The molecule has 2 heterocycles. The van der Waals surface area contributed by atoms with E-state index < -0.39 is 0 Å². The van der Waals surface area contributed by atoms with Gasteiger partial charge in [-0.3, -0.25) is 0 Å². The maximum absolute atomic E-state index is 12.1. The fraction of sp³-hybridized carbons (Fsp3) is 0.786. The van der Waals surface area contributed by atoms with Gasteiger partial charge in [-0.1, -0.05) is 20.8 Å². The molecule has 2 amide bonds. The first-order chi connectivity index (χ1) is 9.56. The molecule has 110 valence electrons. The number of amides is 2. The van der Waals surface area contributed by atoms with Crippen molar-refractivity contribution in [1.29, 1.82) is 0 Å². The van der Waals surface area contributed by atoms with E-state index in [4.69, 9.17) is 0 Å². The molecule has 1 aliphatic heterocycles. The summed E-state index contributed by atoms with van der Waals surface area (Å²) in [5.74, 6) is 2.83. The standard InChI is InChI=1S/C14H23N5O/c1-8(2)12(16-14(20)15-10-7-9(10)3)13-18-17-11-5-4-6-19(11)13/h8-10,12H,4-7H2,1-3H3,(H2,15,16,20)/t9-,10-,12-/m0/s1. The number of carbonyl (C=O) groups is 1. The molecular formula is C14H23N5O. The molecule has 6 heteroatoms. The molecule has 0 aromatic carbocycles. The molecular weight excluding hydrogens is 254 g/mol. The molecule has 0 radical (unpaired) electrons. The minimum atomic E-state index is -0.0894. The van der Waals surface area contributed by atoms with Crippen LogP contribution < -0.4 is 10.6 Å². The Bertz CT molecular complexity index is 510. The highest BCUT2D eigenvalue weighted by Crippen LogP contribution is 2.29. The van der Waals surface area contributed by atoms with E-state index in [1.54, 1.807) is 0 Å². The lowest BCUT2D eigenvalue weighted by atomic mass is 10.0. The highest BCUT2D eigenvalue weighted by atomic mass is 16.2. The van der Waals surface area contributed by atoms with Gasteiger partial charge in [0.25, 0.3) is 0 Å². The molecule has 1 aromatic heterocycles. The molecule has 1 saturated carbocycles. The number of fused-ring (bicyclic) bond motifs is 1. The molecule has 0 saturated heterocycles. The minimum Gasteiger partial charge on any atom is -0.335 e. The van der Waals surface area contributed by atoms with Gasteiger partial charge in [-0.15, -0.1) is 10.2 Å². The van der Waals surface area contributed by atoms with Crippen molar-refractivity contribution in [3.63, 3.8) is 0 Å². The molecule has 20 heavy (non-hydrogen) atoms. The number of rotatable bonds is 4. The van der Waals surface area contributed by atoms with Gasteiger partial charge in [-0.2, -0.15) is 0 Å². The summed E-state index contributed by atoms with van der Waals surface area (Å²) < 4.78 is 2.16. The Kier molecular flexibility index (Phi) is 3.40. The van der Waals surface area contributed by atoms with Crippen LogP contribution in [0.1, 0.15) is 51.3 Å². The Labute approximate surface area is 119 Å². The summed E-state index contributed by atoms with van der Waals surface area (Å²) in [5.41, 5.74) is 0. The molecule has 2 aliphatic rings. The van der Waals surface area contributed by atoms with E-state index in [0.717, 1.165) is 37.5 Å². The Balaban J connectivity index is 1.70. The van der Waals surface area contributed by atoms with Gasteiger partial charge in [-0.25, -0.2) is 4.79 Å². The highest BCUT2D eigenvalue weighted by molar-refractivity contribution is 5.75. The van der Waals surface area contributed by atoms with Crippen molar-refractivity contribution < 1.29 is 4.79 Å². The lowest BCUT2D eigenvalue weighted by Crippen LogP contribution is -2.42. The number of urea groups is 1. The third-order valence-electron chi connectivity index (χ3n) is 4.30. The summed E-state index contributed by atoms with van der Waals surface area (Å²) in [6.07, 6.45) is 3.19. The number of hydrogen-bond acceptors (Lipinski definition) is 3. The van der Waals surface area contributed by atoms with Gasteiger partial charge in [0, 0.05) is 19.0 Å². The topological polar surface area (TPSA) is 71.8 Å². The van der Waals surface area contributed by atoms with E-state index in [1.807, 2.05) is 0 Å². The maximum Gasteiger partial charge on any atom is 0.315 e. The zero-order valence-corrected chi connectivity index (χ0v) is 12.4. The molecule has 0 spiro atoms. The van der Waals surface area contributed by atoms with Crippen molar-refractivity contribution in [2.45, 2.75) is 58.7 Å². The molecule has 1 aliphatic carbocycles. The number of nitrogens with one attached hydrogen (secondary N) is 2. The normalized spacial score (nSPS) is 25.4.